The second-order valence-corrected chi connectivity index (χ2v) is 5.56. The second-order valence-electron chi connectivity index (χ2n) is 4.44. The monoisotopic (exact) mass is 227 g/mol. The van der Waals surface area contributed by atoms with Crippen molar-refractivity contribution in [2.24, 2.45) is 0 Å². The highest BCUT2D eigenvalue weighted by atomic mass is 32.1. The molecule has 0 aliphatic heterocycles. The standard InChI is InChI=1S/C12H21NOS/c1-6-12(3,13(4)5)11(14)10-7-8-15-9(10)2/h7-8,11,14H,6H2,1-5H3. The highest BCUT2D eigenvalue weighted by Crippen LogP contribution is 2.35. The molecule has 0 bridgehead atoms. The zero-order chi connectivity index (χ0) is 11.6. The van der Waals surface area contributed by atoms with Crippen LogP contribution in [0.2, 0.25) is 0 Å². The fourth-order valence-corrected chi connectivity index (χ4v) is 2.50. The van der Waals surface area contributed by atoms with Gasteiger partial charge in [0.15, 0.2) is 0 Å². The third-order valence-corrected chi connectivity index (χ3v) is 4.38. The minimum Gasteiger partial charge on any atom is -0.386 e. The maximum atomic E-state index is 10.4. The lowest BCUT2D eigenvalue weighted by Crippen LogP contribution is -2.46. The van der Waals surface area contributed by atoms with E-state index in [2.05, 4.69) is 25.7 Å². The van der Waals surface area contributed by atoms with Gasteiger partial charge in [-0.25, -0.2) is 0 Å². The summed E-state index contributed by atoms with van der Waals surface area (Å²) in [4.78, 5) is 3.32. The van der Waals surface area contributed by atoms with Crippen molar-refractivity contribution in [3.8, 4) is 0 Å². The van der Waals surface area contributed by atoms with Crippen molar-refractivity contribution >= 4 is 11.3 Å². The van der Waals surface area contributed by atoms with Gasteiger partial charge in [0.2, 0.25) is 0 Å². The molecule has 0 saturated heterocycles. The Bertz CT molecular complexity index is 321. The van der Waals surface area contributed by atoms with E-state index in [4.69, 9.17) is 0 Å². The van der Waals surface area contributed by atoms with E-state index in [0.29, 0.717) is 0 Å². The summed E-state index contributed by atoms with van der Waals surface area (Å²) in [7, 11) is 4.04. The highest BCUT2D eigenvalue weighted by Gasteiger charge is 2.35. The molecular weight excluding hydrogens is 206 g/mol. The van der Waals surface area contributed by atoms with E-state index in [0.717, 1.165) is 12.0 Å². The number of likely N-dealkylation sites (N-methyl/N-ethyl adjacent to an activating group) is 1. The van der Waals surface area contributed by atoms with Gasteiger partial charge < -0.3 is 10.0 Å². The van der Waals surface area contributed by atoms with Crippen LogP contribution in [0.5, 0.6) is 0 Å². The number of aryl methyl sites for hydroxylation is 1. The van der Waals surface area contributed by atoms with Crippen LogP contribution in [-0.2, 0) is 0 Å². The lowest BCUT2D eigenvalue weighted by Gasteiger charge is -2.40. The van der Waals surface area contributed by atoms with Crippen LogP contribution in [0.15, 0.2) is 11.4 Å². The summed E-state index contributed by atoms with van der Waals surface area (Å²) in [6.07, 6.45) is 0.514. The van der Waals surface area contributed by atoms with Crippen LogP contribution in [0, 0.1) is 6.92 Å². The SMILES string of the molecule is CCC(C)(C(O)c1ccsc1C)N(C)C. The number of aliphatic hydroxyl groups is 1. The molecule has 2 unspecified atom stereocenters. The van der Waals surface area contributed by atoms with Crippen molar-refractivity contribution in [3.05, 3.63) is 21.9 Å². The van der Waals surface area contributed by atoms with E-state index in [1.807, 2.05) is 25.5 Å². The molecule has 0 radical (unpaired) electrons. The topological polar surface area (TPSA) is 23.5 Å². The molecule has 0 aliphatic rings. The molecule has 0 amide bonds. The van der Waals surface area contributed by atoms with E-state index in [9.17, 15) is 5.11 Å². The highest BCUT2D eigenvalue weighted by molar-refractivity contribution is 7.10. The van der Waals surface area contributed by atoms with Crippen molar-refractivity contribution in [1.82, 2.24) is 4.90 Å². The molecule has 0 spiro atoms. The number of rotatable bonds is 4. The lowest BCUT2D eigenvalue weighted by atomic mass is 9.86. The first kappa shape index (κ1) is 12.7. The Kier molecular flexibility index (Phi) is 3.93. The van der Waals surface area contributed by atoms with Crippen LogP contribution < -0.4 is 0 Å². The molecule has 2 nitrogen and oxygen atoms in total. The van der Waals surface area contributed by atoms with Gasteiger partial charge in [-0.15, -0.1) is 11.3 Å². The van der Waals surface area contributed by atoms with Crippen LogP contribution in [0.3, 0.4) is 0 Å². The van der Waals surface area contributed by atoms with Gasteiger partial charge in [0.25, 0.3) is 0 Å². The van der Waals surface area contributed by atoms with Gasteiger partial charge in [-0.2, -0.15) is 0 Å². The minimum absolute atomic E-state index is 0.189. The fraction of sp³-hybridized carbons (Fsp3) is 0.667. The van der Waals surface area contributed by atoms with Gasteiger partial charge in [0.1, 0.15) is 0 Å². The summed E-state index contributed by atoms with van der Waals surface area (Å²) in [5, 5.41) is 12.5. The summed E-state index contributed by atoms with van der Waals surface area (Å²) in [6, 6.07) is 2.03. The Morgan fingerprint density at radius 3 is 2.47 bits per heavy atom. The Morgan fingerprint density at radius 2 is 2.13 bits per heavy atom. The van der Waals surface area contributed by atoms with Crippen molar-refractivity contribution in [2.45, 2.75) is 38.8 Å². The molecule has 1 aromatic heterocycles. The van der Waals surface area contributed by atoms with E-state index in [-0.39, 0.29) is 5.54 Å². The minimum atomic E-state index is -0.413. The van der Waals surface area contributed by atoms with Gasteiger partial charge in [-0.1, -0.05) is 6.92 Å². The predicted molar refractivity (Wildman–Crippen MR) is 66.4 cm³/mol. The first-order valence-corrected chi connectivity index (χ1v) is 6.21. The fourth-order valence-electron chi connectivity index (χ4n) is 1.77. The number of hydrogen-bond donors (Lipinski definition) is 1. The first-order chi connectivity index (χ1) is 6.93. The lowest BCUT2D eigenvalue weighted by molar-refractivity contribution is 0.000797. The van der Waals surface area contributed by atoms with Gasteiger partial charge in [-0.3, -0.25) is 0 Å². The molecule has 0 fully saturated rings. The molecule has 1 aromatic rings. The molecule has 15 heavy (non-hydrogen) atoms. The normalized spacial score (nSPS) is 17.8. The summed E-state index contributed by atoms with van der Waals surface area (Å²) in [6.45, 7) is 6.29. The molecule has 2 atom stereocenters. The molecule has 1 N–H and O–H groups in total. The Labute approximate surface area is 96.5 Å². The molecule has 1 rings (SSSR count). The van der Waals surface area contributed by atoms with Crippen LogP contribution >= 0.6 is 11.3 Å². The Balaban J connectivity index is 3.02. The zero-order valence-corrected chi connectivity index (χ0v) is 11.1. The molecule has 3 heteroatoms. The zero-order valence-electron chi connectivity index (χ0n) is 10.2. The van der Waals surface area contributed by atoms with E-state index in [1.54, 1.807) is 11.3 Å². The summed E-state index contributed by atoms with van der Waals surface area (Å²) < 4.78 is 0. The van der Waals surface area contributed by atoms with Gasteiger partial charge in [0.05, 0.1) is 6.10 Å². The average molecular weight is 227 g/mol. The van der Waals surface area contributed by atoms with Crippen LogP contribution in [0.4, 0.5) is 0 Å². The maximum Gasteiger partial charge on any atom is 0.0981 e. The Hall–Kier alpha value is -0.380. The number of aliphatic hydroxyl groups excluding tert-OH is 1. The van der Waals surface area contributed by atoms with Crippen molar-refractivity contribution in [3.63, 3.8) is 0 Å². The van der Waals surface area contributed by atoms with Crippen molar-refractivity contribution < 1.29 is 5.11 Å². The average Bonchev–Trinajstić information content (AvgIpc) is 2.61. The summed E-state index contributed by atoms with van der Waals surface area (Å²) >= 11 is 1.69. The van der Waals surface area contributed by atoms with Crippen LogP contribution in [0.1, 0.15) is 36.8 Å². The molecule has 86 valence electrons. The number of nitrogens with zero attached hydrogens (tertiary/aromatic N) is 1. The first-order valence-electron chi connectivity index (χ1n) is 5.33. The largest absolute Gasteiger partial charge is 0.386 e. The number of hydrogen-bond acceptors (Lipinski definition) is 3. The van der Waals surface area contributed by atoms with Gasteiger partial charge in [-0.05, 0) is 51.4 Å². The third kappa shape index (κ3) is 2.25. The van der Waals surface area contributed by atoms with Crippen molar-refractivity contribution in [1.29, 1.82) is 0 Å². The molecule has 0 aliphatic carbocycles. The van der Waals surface area contributed by atoms with Gasteiger partial charge in [0, 0.05) is 10.4 Å². The second kappa shape index (κ2) is 4.64. The Morgan fingerprint density at radius 1 is 1.53 bits per heavy atom. The van der Waals surface area contributed by atoms with E-state index >= 15 is 0 Å². The number of thiophene rings is 1. The van der Waals surface area contributed by atoms with Gasteiger partial charge >= 0.3 is 0 Å². The quantitative estimate of drug-likeness (QED) is 0.855. The third-order valence-electron chi connectivity index (χ3n) is 3.52. The van der Waals surface area contributed by atoms with Crippen molar-refractivity contribution in [2.75, 3.05) is 14.1 Å². The molecule has 0 saturated carbocycles. The smallest absolute Gasteiger partial charge is 0.0981 e. The molecular formula is C12H21NOS. The van der Waals surface area contributed by atoms with E-state index < -0.39 is 6.10 Å². The molecule has 1 heterocycles. The van der Waals surface area contributed by atoms with Crippen LogP contribution in [0.25, 0.3) is 0 Å². The maximum absolute atomic E-state index is 10.4. The summed E-state index contributed by atoms with van der Waals surface area (Å²) in [5.74, 6) is 0. The summed E-state index contributed by atoms with van der Waals surface area (Å²) in [5.41, 5.74) is 0.879. The van der Waals surface area contributed by atoms with Crippen LogP contribution in [-0.4, -0.2) is 29.6 Å². The predicted octanol–water partition coefficient (Wildman–Crippen LogP) is 2.82. The molecule has 0 aromatic carbocycles. The van der Waals surface area contributed by atoms with E-state index in [1.165, 1.54) is 4.88 Å².